The van der Waals surface area contributed by atoms with Crippen molar-refractivity contribution < 1.29 is 4.74 Å². The van der Waals surface area contributed by atoms with Crippen LogP contribution in [0.25, 0.3) is 0 Å². The minimum atomic E-state index is 0.311. The van der Waals surface area contributed by atoms with Gasteiger partial charge in [0.1, 0.15) is 0 Å². The largest absolute Gasteiger partial charge is 0.372 e. The zero-order valence-corrected chi connectivity index (χ0v) is 11.3. The molecule has 0 bridgehead atoms. The number of rotatable bonds is 4. The van der Waals surface area contributed by atoms with Crippen molar-refractivity contribution in [3.8, 4) is 0 Å². The van der Waals surface area contributed by atoms with Gasteiger partial charge in [0.2, 0.25) is 0 Å². The van der Waals surface area contributed by atoms with E-state index in [1.54, 1.807) is 0 Å². The second kappa shape index (κ2) is 6.14. The molecule has 100 valence electrons. The van der Waals surface area contributed by atoms with Crippen LogP contribution in [0.3, 0.4) is 0 Å². The Labute approximate surface area is 105 Å². The van der Waals surface area contributed by atoms with Crippen LogP contribution in [-0.4, -0.2) is 68.3 Å². The van der Waals surface area contributed by atoms with Crippen LogP contribution in [-0.2, 0) is 4.74 Å². The smallest absolute Gasteiger partial charge is 0.0707 e. The predicted octanol–water partition coefficient (Wildman–Crippen LogP) is 0.519. The first-order chi connectivity index (χ1) is 8.19. The molecule has 2 heterocycles. The summed E-state index contributed by atoms with van der Waals surface area (Å²) in [6, 6.07) is 0.742. The Morgan fingerprint density at radius 1 is 1.18 bits per heavy atom. The van der Waals surface area contributed by atoms with Crippen LogP contribution in [0.5, 0.6) is 0 Å². The van der Waals surface area contributed by atoms with Crippen LogP contribution < -0.4 is 5.73 Å². The summed E-state index contributed by atoms with van der Waals surface area (Å²) in [5, 5.41) is 0. The molecule has 2 N–H and O–H groups in total. The van der Waals surface area contributed by atoms with E-state index in [0.717, 1.165) is 19.0 Å². The minimum absolute atomic E-state index is 0.311. The summed E-state index contributed by atoms with van der Waals surface area (Å²) < 4.78 is 5.92. The highest BCUT2D eigenvalue weighted by Gasteiger charge is 2.28. The molecule has 17 heavy (non-hydrogen) atoms. The van der Waals surface area contributed by atoms with Gasteiger partial charge in [-0.1, -0.05) is 0 Å². The third-order valence-corrected chi connectivity index (χ3v) is 4.26. The minimum Gasteiger partial charge on any atom is -0.372 e. The molecule has 0 saturated carbocycles. The normalized spacial score (nSPS) is 32.5. The lowest BCUT2D eigenvalue weighted by Gasteiger charge is -2.36. The van der Waals surface area contributed by atoms with E-state index in [1.165, 1.54) is 32.4 Å². The fourth-order valence-corrected chi connectivity index (χ4v) is 2.99. The van der Waals surface area contributed by atoms with E-state index in [-0.39, 0.29) is 0 Å². The molecule has 2 rings (SSSR count). The van der Waals surface area contributed by atoms with Gasteiger partial charge in [0.05, 0.1) is 12.2 Å². The van der Waals surface area contributed by atoms with Crippen molar-refractivity contribution >= 4 is 0 Å². The number of ether oxygens (including phenoxy) is 1. The number of likely N-dealkylation sites (tertiary alicyclic amines) is 1. The summed E-state index contributed by atoms with van der Waals surface area (Å²) in [6.45, 7) is 4.21. The van der Waals surface area contributed by atoms with E-state index < -0.39 is 0 Å². The van der Waals surface area contributed by atoms with Crippen molar-refractivity contribution in [1.29, 1.82) is 0 Å². The number of nitrogens with zero attached hydrogens (tertiary/aromatic N) is 2. The SMILES string of the molecule is CN1CCC(N(C)C[C@@H]2CC[C@H](CN)O2)CC1. The lowest BCUT2D eigenvalue weighted by molar-refractivity contribution is 0.0176. The van der Waals surface area contributed by atoms with Gasteiger partial charge in [-0.3, -0.25) is 0 Å². The van der Waals surface area contributed by atoms with Crippen molar-refractivity contribution in [2.75, 3.05) is 40.3 Å². The molecule has 0 aliphatic carbocycles. The first kappa shape index (κ1) is 13.3. The number of hydrogen-bond acceptors (Lipinski definition) is 4. The Morgan fingerprint density at radius 3 is 2.41 bits per heavy atom. The monoisotopic (exact) mass is 241 g/mol. The van der Waals surface area contributed by atoms with E-state index >= 15 is 0 Å². The lowest BCUT2D eigenvalue weighted by atomic mass is 10.0. The molecular weight excluding hydrogens is 214 g/mol. The lowest BCUT2D eigenvalue weighted by Crippen LogP contribution is -2.44. The van der Waals surface area contributed by atoms with Crippen molar-refractivity contribution in [1.82, 2.24) is 9.80 Å². The molecule has 0 aromatic carbocycles. The molecule has 2 atom stereocenters. The number of nitrogens with two attached hydrogens (primary N) is 1. The number of likely N-dealkylation sites (N-methyl/N-ethyl adjacent to an activating group) is 1. The topological polar surface area (TPSA) is 41.7 Å². The molecule has 4 heteroatoms. The third-order valence-electron chi connectivity index (χ3n) is 4.26. The zero-order chi connectivity index (χ0) is 12.3. The fraction of sp³-hybridized carbons (Fsp3) is 1.00. The molecule has 2 fully saturated rings. The average Bonchev–Trinajstić information content (AvgIpc) is 2.77. The molecule has 2 saturated heterocycles. The Bertz CT molecular complexity index is 229. The van der Waals surface area contributed by atoms with Crippen LogP contribution in [0.1, 0.15) is 25.7 Å². The average molecular weight is 241 g/mol. The summed E-state index contributed by atoms with van der Waals surface area (Å²) in [5.41, 5.74) is 5.64. The maximum Gasteiger partial charge on any atom is 0.0707 e. The second-order valence-corrected chi connectivity index (χ2v) is 5.67. The van der Waals surface area contributed by atoms with Gasteiger partial charge in [0.15, 0.2) is 0 Å². The Morgan fingerprint density at radius 2 is 1.82 bits per heavy atom. The summed E-state index contributed by atoms with van der Waals surface area (Å²) in [6.07, 6.45) is 5.63. The molecule has 0 aromatic rings. The van der Waals surface area contributed by atoms with Gasteiger partial charge in [-0.05, 0) is 52.9 Å². The van der Waals surface area contributed by atoms with Crippen LogP contribution >= 0.6 is 0 Å². The van der Waals surface area contributed by atoms with E-state index in [4.69, 9.17) is 10.5 Å². The third kappa shape index (κ3) is 3.65. The highest BCUT2D eigenvalue weighted by Crippen LogP contribution is 2.22. The molecule has 4 nitrogen and oxygen atoms in total. The van der Waals surface area contributed by atoms with E-state index in [1.807, 2.05) is 0 Å². The van der Waals surface area contributed by atoms with Gasteiger partial charge in [0.25, 0.3) is 0 Å². The maximum absolute atomic E-state index is 5.92. The first-order valence-electron chi connectivity index (χ1n) is 6.93. The standard InChI is InChI=1S/C13H27N3O/c1-15-7-5-11(6-8-15)16(2)10-13-4-3-12(9-14)17-13/h11-13H,3-10,14H2,1-2H3/t12-,13+/m1/s1. The van der Waals surface area contributed by atoms with E-state index in [9.17, 15) is 0 Å². The van der Waals surface area contributed by atoms with Crippen LogP contribution in [0.15, 0.2) is 0 Å². The van der Waals surface area contributed by atoms with Crippen molar-refractivity contribution in [3.05, 3.63) is 0 Å². The number of hydrogen-bond donors (Lipinski definition) is 1. The summed E-state index contributed by atoms with van der Waals surface area (Å²) >= 11 is 0. The van der Waals surface area contributed by atoms with Crippen molar-refractivity contribution in [2.24, 2.45) is 5.73 Å². The molecule has 2 aliphatic rings. The summed E-state index contributed by atoms with van der Waals surface area (Å²) in [7, 11) is 4.46. The first-order valence-corrected chi connectivity index (χ1v) is 6.93. The fourth-order valence-electron chi connectivity index (χ4n) is 2.99. The van der Waals surface area contributed by atoms with Crippen LogP contribution in [0.4, 0.5) is 0 Å². The molecule has 0 spiro atoms. The van der Waals surface area contributed by atoms with Gasteiger partial charge in [0, 0.05) is 19.1 Å². The van der Waals surface area contributed by atoms with E-state index in [0.29, 0.717) is 18.8 Å². The molecule has 0 unspecified atom stereocenters. The Hall–Kier alpha value is -0.160. The predicted molar refractivity (Wildman–Crippen MR) is 70.1 cm³/mol. The summed E-state index contributed by atoms with van der Waals surface area (Å²) in [4.78, 5) is 4.91. The molecule has 0 radical (unpaired) electrons. The van der Waals surface area contributed by atoms with Gasteiger partial charge in [-0.15, -0.1) is 0 Å². The number of piperidine rings is 1. The van der Waals surface area contributed by atoms with E-state index in [2.05, 4.69) is 23.9 Å². The summed E-state index contributed by atoms with van der Waals surface area (Å²) in [5.74, 6) is 0. The second-order valence-electron chi connectivity index (χ2n) is 5.67. The maximum atomic E-state index is 5.92. The Balaban J connectivity index is 1.72. The Kier molecular flexibility index (Phi) is 4.79. The highest BCUT2D eigenvalue weighted by molar-refractivity contribution is 4.81. The molecule has 2 aliphatic heterocycles. The van der Waals surface area contributed by atoms with Gasteiger partial charge in [-0.25, -0.2) is 0 Å². The van der Waals surface area contributed by atoms with Gasteiger partial charge in [-0.2, -0.15) is 0 Å². The van der Waals surface area contributed by atoms with Gasteiger partial charge >= 0.3 is 0 Å². The van der Waals surface area contributed by atoms with Crippen molar-refractivity contribution in [2.45, 2.75) is 43.9 Å². The zero-order valence-electron chi connectivity index (χ0n) is 11.3. The quantitative estimate of drug-likeness (QED) is 0.779. The highest BCUT2D eigenvalue weighted by atomic mass is 16.5. The van der Waals surface area contributed by atoms with Crippen LogP contribution in [0.2, 0.25) is 0 Å². The molecule has 0 aromatic heterocycles. The molecular formula is C13H27N3O. The van der Waals surface area contributed by atoms with Gasteiger partial charge < -0.3 is 20.3 Å². The van der Waals surface area contributed by atoms with Crippen LogP contribution in [0, 0.1) is 0 Å². The molecule has 0 amide bonds. The van der Waals surface area contributed by atoms with Crippen molar-refractivity contribution in [3.63, 3.8) is 0 Å².